The molecule has 0 atom stereocenters. The van der Waals surface area contributed by atoms with E-state index in [1.807, 2.05) is 61.5 Å². The first-order valence-electron chi connectivity index (χ1n) is 7.45. The van der Waals surface area contributed by atoms with Crippen LogP contribution in [-0.2, 0) is 0 Å². The maximum atomic E-state index is 12.4. The van der Waals surface area contributed by atoms with Crippen LogP contribution >= 0.6 is 11.6 Å². The van der Waals surface area contributed by atoms with Crippen LogP contribution in [0.3, 0.4) is 0 Å². The molecule has 112 valence electrons. The van der Waals surface area contributed by atoms with E-state index in [0.29, 0.717) is 0 Å². The van der Waals surface area contributed by atoms with Gasteiger partial charge in [0.15, 0.2) is 0 Å². The molecule has 4 aromatic rings. The summed E-state index contributed by atoms with van der Waals surface area (Å²) in [7, 11) is 0. The maximum Gasteiger partial charge on any atom is 0.255 e. The van der Waals surface area contributed by atoms with Gasteiger partial charge in [-0.25, -0.2) is 0 Å². The molecule has 0 saturated heterocycles. The number of fused-ring (bicyclic) bond motifs is 3. The molecule has 0 N–H and O–H groups in total. The third kappa shape index (κ3) is 2.23. The minimum Gasteiger partial charge on any atom is -0.276 e. The number of hydrogen-bond acceptors (Lipinski definition) is 1. The van der Waals surface area contributed by atoms with E-state index in [2.05, 4.69) is 0 Å². The van der Waals surface area contributed by atoms with Crippen molar-refractivity contribution < 1.29 is 0 Å². The van der Waals surface area contributed by atoms with Crippen LogP contribution in [0.4, 0.5) is 0 Å². The molecule has 4 rings (SSSR count). The largest absolute Gasteiger partial charge is 0.276 e. The highest BCUT2D eigenvalue weighted by Crippen LogP contribution is 2.19. The second-order valence-electron chi connectivity index (χ2n) is 5.67. The van der Waals surface area contributed by atoms with E-state index >= 15 is 0 Å². The highest BCUT2D eigenvalue weighted by atomic mass is 35.5. The van der Waals surface area contributed by atoms with Crippen molar-refractivity contribution in [3.63, 3.8) is 0 Å². The lowest BCUT2D eigenvalue weighted by Crippen LogP contribution is -2.22. The van der Waals surface area contributed by atoms with Gasteiger partial charge in [0.05, 0.1) is 10.9 Å². The van der Waals surface area contributed by atoms with Gasteiger partial charge in [-0.1, -0.05) is 54.1 Å². The molecule has 0 bridgehead atoms. The zero-order valence-corrected chi connectivity index (χ0v) is 13.3. The van der Waals surface area contributed by atoms with Crippen LogP contribution in [0.1, 0.15) is 11.1 Å². The quantitative estimate of drug-likeness (QED) is 0.520. The summed E-state index contributed by atoms with van der Waals surface area (Å²) in [6.07, 6.45) is 2.02. The lowest BCUT2D eigenvalue weighted by atomic mass is 10.1. The summed E-state index contributed by atoms with van der Waals surface area (Å²) in [6, 6.07) is 19.4. The van der Waals surface area contributed by atoms with Gasteiger partial charge < -0.3 is 0 Å². The van der Waals surface area contributed by atoms with Crippen LogP contribution in [0.25, 0.3) is 22.4 Å². The summed E-state index contributed by atoms with van der Waals surface area (Å²) >= 11 is 6.23. The fourth-order valence-corrected chi connectivity index (χ4v) is 3.19. The summed E-state index contributed by atoms with van der Waals surface area (Å²) < 4.78 is 1.76. The molecule has 0 fully saturated rings. The number of halogens is 1. The Kier molecular flexibility index (Phi) is 3.21. The average molecular weight is 320 g/mol. The predicted octanol–water partition coefficient (Wildman–Crippen LogP) is 3.96. The van der Waals surface area contributed by atoms with E-state index in [-0.39, 0.29) is 5.56 Å². The second kappa shape index (κ2) is 5.25. The van der Waals surface area contributed by atoms with Crippen LogP contribution in [0.15, 0.2) is 65.5 Å². The van der Waals surface area contributed by atoms with Crippen LogP contribution in [0, 0.1) is 6.92 Å². The monoisotopic (exact) mass is 319 g/mol. The third-order valence-electron chi connectivity index (χ3n) is 4.17. The van der Waals surface area contributed by atoms with Gasteiger partial charge in [-0.05, 0) is 36.3 Å². The molecule has 2 heterocycles. The van der Waals surface area contributed by atoms with Gasteiger partial charge in [0.25, 0.3) is 5.56 Å². The topological polar surface area (TPSA) is 21.5 Å². The molecule has 3 heteroatoms. The highest BCUT2D eigenvalue weighted by Gasteiger charge is 2.08. The van der Waals surface area contributed by atoms with E-state index in [1.165, 1.54) is 0 Å². The van der Waals surface area contributed by atoms with Crippen molar-refractivity contribution in [1.82, 2.24) is 4.40 Å². The van der Waals surface area contributed by atoms with Gasteiger partial charge >= 0.3 is 0 Å². The van der Waals surface area contributed by atoms with Gasteiger partial charge in [-0.3, -0.25) is 9.20 Å². The van der Waals surface area contributed by atoms with Gasteiger partial charge in [-0.15, -0.1) is 0 Å². The van der Waals surface area contributed by atoms with Gasteiger partial charge in [0.2, 0.25) is 0 Å². The smallest absolute Gasteiger partial charge is 0.255 e. The number of hydrogen-bond donors (Lipinski definition) is 0. The van der Waals surface area contributed by atoms with Crippen LogP contribution in [-0.4, -0.2) is 4.40 Å². The molecule has 0 unspecified atom stereocenters. The van der Waals surface area contributed by atoms with Crippen LogP contribution < -0.4 is 10.9 Å². The number of aryl methyl sites for hydroxylation is 1. The number of nitrogens with zero attached hydrogens (tertiary/aromatic N) is 1. The number of pyridine rings is 1. The Hall–Kier alpha value is -2.58. The first kappa shape index (κ1) is 14.0. The molecule has 2 aromatic heterocycles. The van der Waals surface area contributed by atoms with Crippen molar-refractivity contribution in [3.8, 4) is 0 Å². The van der Waals surface area contributed by atoms with E-state index in [0.717, 1.165) is 37.8 Å². The Morgan fingerprint density at radius 3 is 2.52 bits per heavy atom. The number of benzene rings is 2. The number of aromatic nitrogens is 1. The molecule has 0 aliphatic heterocycles. The minimum atomic E-state index is -0.0249. The Balaban J connectivity index is 2.18. The van der Waals surface area contributed by atoms with Crippen molar-refractivity contribution in [2.45, 2.75) is 6.92 Å². The van der Waals surface area contributed by atoms with Crippen molar-refractivity contribution in [2.75, 3.05) is 0 Å². The predicted molar refractivity (Wildman–Crippen MR) is 96.1 cm³/mol. The van der Waals surface area contributed by atoms with Crippen molar-refractivity contribution in [2.24, 2.45) is 0 Å². The van der Waals surface area contributed by atoms with Gasteiger partial charge in [-0.2, -0.15) is 0 Å². The Bertz CT molecular complexity index is 1160. The zero-order valence-electron chi connectivity index (χ0n) is 12.6. The average Bonchev–Trinajstić information content (AvgIpc) is 2.87. The normalized spacial score (nSPS) is 12.3. The van der Waals surface area contributed by atoms with Crippen LogP contribution in [0.5, 0.6) is 0 Å². The molecular weight excluding hydrogens is 306 g/mol. The van der Waals surface area contributed by atoms with Crippen molar-refractivity contribution in [3.05, 3.63) is 92.5 Å². The fourth-order valence-electron chi connectivity index (χ4n) is 3.00. The van der Waals surface area contributed by atoms with E-state index in [4.69, 9.17) is 11.6 Å². The first-order chi connectivity index (χ1) is 11.1. The molecule has 0 aliphatic carbocycles. The van der Waals surface area contributed by atoms with E-state index in [9.17, 15) is 4.79 Å². The summed E-state index contributed by atoms with van der Waals surface area (Å²) in [6.45, 7) is 1.98. The molecule has 0 aliphatic rings. The third-order valence-corrected chi connectivity index (χ3v) is 4.58. The highest BCUT2D eigenvalue weighted by molar-refractivity contribution is 6.31. The Morgan fingerprint density at radius 2 is 1.74 bits per heavy atom. The van der Waals surface area contributed by atoms with Gasteiger partial charge in [0, 0.05) is 21.9 Å². The zero-order chi connectivity index (χ0) is 16.0. The lowest BCUT2D eigenvalue weighted by Gasteiger charge is -1.99. The summed E-state index contributed by atoms with van der Waals surface area (Å²) in [5.74, 6) is 0. The Labute approximate surface area is 138 Å². The maximum absolute atomic E-state index is 12.4. The van der Waals surface area contributed by atoms with E-state index in [1.54, 1.807) is 16.5 Å². The molecule has 0 radical (unpaired) electrons. The van der Waals surface area contributed by atoms with Crippen molar-refractivity contribution >= 4 is 34.0 Å². The molecule has 0 spiro atoms. The summed E-state index contributed by atoms with van der Waals surface area (Å²) in [4.78, 5) is 12.4. The molecule has 23 heavy (non-hydrogen) atoms. The fraction of sp³-hybridized carbons (Fsp3) is 0.0500. The van der Waals surface area contributed by atoms with E-state index < -0.39 is 0 Å². The standard InChI is InChI=1S/C20H14ClNO/c1-13-9-10-14(11-17(13)21)12-19-16-6-3-2-5-15(16)18-7-4-8-20(23)22(18)19/h2-12H,1H3. The van der Waals surface area contributed by atoms with Crippen LogP contribution in [0.2, 0.25) is 5.02 Å². The number of rotatable bonds is 1. The lowest BCUT2D eigenvalue weighted by molar-refractivity contribution is 1.09. The van der Waals surface area contributed by atoms with Gasteiger partial charge in [0.1, 0.15) is 0 Å². The Morgan fingerprint density at radius 1 is 0.957 bits per heavy atom. The minimum absolute atomic E-state index is 0.0249. The molecule has 0 amide bonds. The molecule has 2 nitrogen and oxygen atoms in total. The van der Waals surface area contributed by atoms with Crippen molar-refractivity contribution in [1.29, 1.82) is 0 Å². The first-order valence-corrected chi connectivity index (χ1v) is 7.83. The second-order valence-corrected chi connectivity index (χ2v) is 6.08. The molecular formula is C20H14ClNO. The summed E-state index contributed by atoms with van der Waals surface area (Å²) in [5, 5.41) is 3.76. The molecule has 2 aromatic carbocycles. The molecule has 0 saturated carbocycles. The summed E-state index contributed by atoms with van der Waals surface area (Å²) in [5.41, 5.74) is 2.92. The SMILES string of the molecule is Cc1ccc(C=c2c3ccccc3c3cccc(=O)n23)cc1Cl.